The van der Waals surface area contributed by atoms with Crippen molar-refractivity contribution < 1.29 is 14.6 Å². The Morgan fingerprint density at radius 3 is 2.39 bits per heavy atom. The van der Waals surface area contributed by atoms with Crippen LogP contribution in [0.1, 0.15) is 28.4 Å². The molecule has 7 heteroatoms. The van der Waals surface area contributed by atoms with Crippen LogP contribution in [-0.4, -0.2) is 17.5 Å². The smallest absolute Gasteiger partial charge is 0.199 e. The number of benzene rings is 3. The van der Waals surface area contributed by atoms with E-state index in [-0.39, 0.29) is 11.5 Å². The maximum absolute atomic E-state index is 13.2. The van der Waals surface area contributed by atoms with Gasteiger partial charge in [0.1, 0.15) is 0 Å². The molecule has 0 unspecified atom stereocenters. The Labute approximate surface area is 200 Å². The van der Waals surface area contributed by atoms with Gasteiger partial charge in [-0.15, -0.1) is 11.8 Å². The van der Waals surface area contributed by atoms with Crippen molar-refractivity contribution in [3.05, 3.63) is 97.3 Å². The fourth-order valence-corrected chi connectivity index (χ4v) is 4.47. The number of rotatable bonds is 8. The molecule has 0 aromatic heterocycles. The Morgan fingerprint density at radius 2 is 1.71 bits per heavy atom. The highest BCUT2D eigenvalue weighted by Crippen LogP contribution is 2.33. The third kappa shape index (κ3) is 6.44. The summed E-state index contributed by atoms with van der Waals surface area (Å²) in [6.45, 7) is 2.25. The van der Waals surface area contributed by atoms with Gasteiger partial charge in [-0.3, -0.25) is 4.79 Å². The van der Waals surface area contributed by atoms with Gasteiger partial charge < -0.3 is 9.84 Å². The number of aromatic hydroxyl groups is 1. The highest BCUT2D eigenvalue weighted by atomic mass is 35.5. The third-order valence-electron chi connectivity index (χ3n) is 4.31. The van der Waals surface area contributed by atoms with E-state index in [1.807, 2.05) is 13.0 Å². The zero-order valence-corrected chi connectivity index (χ0v) is 19.7. The minimum Gasteiger partial charge on any atom is -0.504 e. The van der Waals surface area contributed by atoms with Crippen molar-refractivity contribution >= 4 is 58.4 Å². The highest BCUT2D eigenvalue weighted by molar-refractivity contribution is 8.03. The lowest BCUT2D eigenvalue weighted by molar-refractivity contribution is 0.104. The lowest BCUT2D eigenvalue weighted by atomic mass is 10.1. The van der Waals surface area contributed by atoms with E-state index in [1.54, 1.807) is 60.7 Å². The molecule has 0 bridgehead atoms. The van der Waals surface area contributed by atoms with Crippen LogP contribution >= 0.6 is 46.6 Å². The van der Waals surface area contributed by atoms with Gasteiger partial charge in [-0.2, -0.15) is 0 Å². The fourth-order valence-electron chi connectivity index (χ4n) is 2.75. The quantitative estimate of drug-likeness (QED) is 0.256. The van der Waals surface area contributed by atoms with Crippen LogP contribution < -0.4 is 4.74 Å². The zero-order valence-electron chi connectivity index (χ0n) is 16.6. The van der Waals surface area contributed by atoms with Gasteiger partial charge in [0, 0.05) is 26.4 Å². The zero-order chi connectivity index (χ0) is 22.4. The molecule has 0 saturated heterocycles. The molecule has 3 rings (SSSR count). The molecule has 0 saturated carbocycles. The molecule has 0 heterocycles. The number of Topliss-reactive ketones (excluding diaryl/α,β-unsaturated/α-hetero) is 1. The summed E-state index contributed by atoms with van der Waals surface area (Å²) in [6.07, 6.45) is 1.77. The van der Waals surface area contributed by atoms with Crippen molar-refractivity contribution in [2.24, 2.45) is 0 Å². The molecule has 0 spiro atoms. The van der Waals surface area contributed by atoms with Gasteiger partial charge >= 0.3 is 0 Å². The maximum Gasteiger partial charge on any atom is 0.199 e. The Morgan fingerprint density at radius 1 is 1.00 bits per heavy atom. The standard InChI is InChI=1S/C24H19Cl3O3S/c1-2-30-22-11-15(3-10-21(22)28)12-23(24(29)16-4-7-18(25)8-5-16)31-14-17-6-9-19(26)13-20(17)27/h3-13,28H,2,14H2,1H3/b23-12+. The van der Waals surface area contributed by atoms with E-state index in [2.05, 4.69) is 0 Å². The van der Waals surface area contributed by atoms with Gasteiger partial charge in [-0.05, 0) is 72.7 Å². The lowest BCUT2D eigenvalue weighted by Crippen LogP contribution is -2.01. The van der Waals surface area contributed by atoms with Crippen LogP contribution in [0.2, 0.25) is 15.1 Å². The molecular weight excluding hydrogens is 475 g/mol. The van der Waals surface area contributed by atoms with Crippen LogP contribution in [0.15, 0.2) is 65.6 Å². The van der Waals surface area contributed by atoms with Gasteiger partial charge in [-0.1, -0.05) is 46.9 Å². The van der Waals surface area contributed by atoms with Crippen molar-refractivity contribution in [2.75, 3.05) is 6.61 Å². The number of ketones is 1. The van der Waals surface area contributed by atoms with E-state index in [0.29, 0.717) is 43.6 Å². The van der Waals surface area contributed by atoms with Gasteiger partial charge in [-0.25, -0.2) is 0 Å². The number of allylic oxidation sites excluding steroid dienone is 1. The number of carbonyl (C=O) groups excluding carboxylic acids is 1. The molecule has 3 aromatic carbocycles. The molecule has 0 aliphatic heterocycles. The van der Waals surface area contributed by atoms with E-state index in [1.165, 1.54) is 11.8 Å². The first-order valence-electron chi connectivity index (χ1n) is 9.42. The summed E-state index contributed by atoms with van der Waals surface area (Å²) in [6, 6.07) is 17.0. The van der Waals surface area contributed by atoms with Gasteiger partial charge in [0.05, 0.1) is 11.5 Å². The molecule has 1 N–H and O–H groups in total. The number of phenolic OH excluding ortho intramolecular Hbond substituents is 1. The first kappa shape index (κ1) is 23.6. The van der Waals surface area contributed by atoms with Crippen LogP contribution in [0, 0.1) is 0 Å². The minimum absolute atomic E-state index is 0.0465. The summed E-state index contributed by atoms with van der Waals surface area (Å²) in [5.41, 5.74) is 2.12. The van der Waals surface area contributed by atoms with E-state index >= 15 is 0 Å². The van der Waals surface area contributed by atoms with Crippen LogP contribution in [0.25, 0.3) is 6.08 Å². The SMILES string of the molecule is CCOc1cc(/C=C(/SCc2ccc(Cl)cc2Cl)C(=O)c2ccc(Cl)cc2)ccc1O. The second-order valence-electron chi connectivity index (χ2n) is 6.53. The topological polar surface area (TPSA) is 46.5 Å². The molecule has 0 radical (unpaired) electrons. The van der Waals surface area contributed by atoms with Gasteiger partial charge in [0.25, 0.3) is 0 Å². The van der Waals surface area contributed by atoms with Gasteiger partial charge in [0.15, 0.2) is 17.3 Å². The first-order valence-corrected chi connectivity index (χ1v) is 11.5. The predicted octanol–water partition coefficient (Wildman–Crippen LogP) is 7.91. The van der Waals surface area contributed by atoms with Crippen LogP contribution in [0.5, 0.6) is 11.5 Å². The molecule has 3 nitrogen and oxygen atoms in total. The second-order valence-corrected chi connectivity index (χ2v) is 8.83. The van der Waals surface area contributed by atoms with Crippen LogP contribution in [0.3, 0.4) is 0 Å². The molecule has 31 heavy (non-hydrogen) atoms. The van der Waals surface area contributed by atoms with Crippen molar-refractivity contribution in [3.63, 3.8) is 0 Å². The average Bonchev–Trinajstić information content (AvgIpc) is 2.74. The van der Waals surface area contributed by atoms with Gasteiger partial charge in [0.2, 0.25) is 0 Å². The van der Waals surface area contributed by atoms with Crippen molar-refractivity contribution in [1.29, 1.82) is 0 Å². The molecule has 0 aliphatic carbocycles. The summed E-state index contributed by atoms with van der Waals surface area (Å²) in [5.74, 6) is 0.751. The molecule has 0 aliphatic rings. The number of halogens is 3. The van der Waals surface area contributed by atoms with E-state index in [0.717, 1.165) is 11.1 Å². The van der Waals surface area contributed by atoms with E-state index in [9.17, 15) is 9.90 Å². The molecule has 0 atom stereocenters. The largest absolute Gasteiger partial charge is 0.504 e. The molecule has 160 valence electrons. The fraction of sp³-hybridized carbons (Fsp3) is 0.125. The Balaban J connectivity index is 1.95. The minimum atomic E-state index is -0.141. The molecular formula is C24H19Cl3O3S. The van der Waals surface area contributed by atoms with Crippen molar-refractivity contribution in [3.8, 4) is 11.5 Å². The predicted molar refractivity (Wildman–Crippen MR) is 131 cm³/mol. The molecule has 0 amide bonds. The number of ether oxygens (including phenoxy) is 1. The Hall–Kier alpha value is -2.11. The molecule has 3 aromatic rings. The number of thioether (sulfide) groups is 1. The van der Waals surface area contributed by atoms with Crippen LogP contribution in [0.4, 0.5) is 0 Å². The van der Waals surface area contributed by atoms with Crippen molar-refractivity contribution in [2.45, 2.75) is 12.7 Å². The van der Waals surface area contributed by atoms with E-state index < -0.39 is 0 Å². The summed E-state index contributed by atoms with van der Waals surface area (Å²) in [5, 5.41) is 11.6. The summed E-state index contributed by atoms with van der Waals surface area (Å²) < 4.78 is 5.46. The number of hydrogen-bond acceptors (Lipinski definition) is 4. The first-order chi connectivity index (χ1) is 14.9. The average molecular weight is 494 g/mol. The monoisotopic (exact) mass is 492 g/mol. The number of carbonyl (C=O) groups is 1. The Bertz CT molecular complexity index is 1110. The summed E-state index contributed by atoms with van der Waals surface area (Å²) >= 11 is 19.6. The normalized spacial score (nSPS) is 11.4. The Kier molecular flexibility index (Phi) is 8.33. The van der Waals surface area contributed by atoms with E-state index in [4.69, 9.17) is 39.5 Å². The summed E-state index contributed by atoms with van der Waals surface area (Å²) in [7, 11) is 0. The maximum atomic E-state index is 13.2. The third-order valence-corrected chi connectivity index (χ3v) is 6.22. The summed E-state index contributed by atoms with van der Waals surface area (Å²) in [4.78, 5) is 13.7. The number of phenols is 1. The second kappa shape index (κ2) is 11.0. The molecule has 0 fully saturated rings. The highest BCUT2D eigenvalue weighted by Gasteiger charge is 2.15. The lowest BCUT2D eigenvalue weighted by Gasteiger charge is -2.10. The van der Waals surface area contributed by atoms with Crippen LogP contribution in [-0.2, 0) is 5.75 Å². The number of hydrogen-bond donors (Lipinski definition) is 1. The van der Waals surface area contributed by atoms with Crippen molar-refractivity contribution in [1.82, 2.24) is 0 Å².